The Morgan fingerprint density at radius 2 is 1.64 bits per heavy atom. The zero-order valence-corrected chi connectivity index (χ0v) is 22.7. The molecule has 0 radical (unpaired) electrons. The van der Waals surface area contributed by atoms with Gasteiger partial charge in [0.1, 0.15) is 0 Å². The fourth-order valence-electron chi connectivity index (χ4n) is 5.09. The zero-order valence-electron chi connectivity index (χ0n) is 21.7. The molecule has 1 heterocycles. The van der Waals surface area contributed by atoms with Gasteiger partial charge in [-0.25, -0.2) is 9.97 Å². The van der Waals surface area contributed by atoms with E-state index >= 15 is 0 Å². The minimum Gasteiger partial charge on any atom is -0.466 e. The first-order chi connectivity index (χ1) is 17.3. The highest BCUT2D eigenvalue weighted by Crippen LogP contribution is 2.37. The van der Waals surface area contributed by atoms with Crippen LogP contribution in [0.25, 0.3) is 5.57 Å². The third-order valence-corrected chi connectivity index (χ3v) is 11.9. The highest BCUT2D eigenvalue weighted by molar-refractivity contribution is 6.99. The number of nitrogens with zero attached hydrogens (tertiary/aromatic N) is 2. The summed E-state index contributed by atoms with van der Waals surface area (Å²) in [6.45, 7) is 9.49. The maximum Gasteiger partial charge on any atom is 0.309 e. The lowest BCUT2D eigenvalue weighted by atomic mass is 9.89. The summed E-state index contributed by atoms with van der Waals surface area (Å²) in [5, 5.41) is 2.40. The zero-order chi connectivity index (χ0) is 25.6. The van der Waals surface area contributed by atoms with Crippen LogP contribution >= 0.6 is 0 Å². The van der Waals surface area contributed by atoms with Crippen molar-refractivity contribution in [3.63, 3.8) is 0 Å². The Hall–Kier alpha value is -3.09. The molecule has 188 valence electrons. The number of carbonyl (C=O) groups excluding carboxylic acids is 1. The van der Waals surface area contributed by atoms with Gasteiger partial charge in [0.15, 0.2) is 5.82 Å². The summed E-state index contributed by atoms with van der Waals surface area (Å²) in [4.78, 5) is 21.5. The molecule has 6 heteroatoms. The number of ether oxygens (including phenoxy) is 1. The minimum atomic E-state index is -2.65. The summed E-state index contributed by atoms with van der Waals surface area (Å²) in [6.07, 6.45) is 6.09. The summed E-state index contributed by atoms with van der Waals surface area (Å²) in [6, 6.07) is 23.2. The Morgan fingerprint density at radius 1 is 1.00 bits per heavy atom. The first-order valence-electron chi connectivity index (χ1n) is 12.8. The Labute approximate surface area is 215 Å². The number of rotatable bonds is 8. The van der Waals surface area contributed by atoms with Crippen LogP contribution in [0, 0.1) is 5.92 Å². The molecule has 0 saturated heterocycles. The minimum absolute atomic E-state index is 0.0737. The van der Waals surface area contributed by atoms with E-state index in [1.165, 1.54) is 10.4 Å². The average molecular weight is 501 g/mol. The SMILES string of the molecule is CCOC(=O)C1CC=C(c2nccc(CO[Si](c3ccccc3)(c3ccccc3)C(C)(C)C)n2)CC1. The summed E-state index contributed by atoms with van der Waals surface area (Å²) in [5.74, 6) is 0.539. The second kappa shape index (κ2) is 11.3. The molecule has 2 aromatic carbocycles. The van der Waals surface area contributed by atoms with Crippen LogP contribution in [0.1, 0.15) is 58.5 Å². The van der Waals surface area contributed by atoms with Gasteiger partial charge in [0, 0.05) is 6.20 Å². The van der Waals surface area contributed by atoms with Crippen molar-refractivity contribution in [3.05, 3.63) is 90.5 Å². The van der Waals surface area contributed by atoms with E-state index in [1.807, 2.05) is 19.2 Å². The monoisotopic (exact) mass is 500 g/mol. The molecule has 0 amide bonds. The van der Waals surface area contributed by atoms with Crippen molar-refractivity contribution in [2.45, 2.75) is 58.6 Å². The van der Waals surface area contributed by atoms with Crippen LogP contribution in [0.3, 0.4) is 0 Å². The van der Waals surface area contributed by atoms with Gasteiger partial charge in [0.05, 0.1) is 24.8 Å². The maximum absolute atomic E-state index is 12.1. The predicted molar refractivity (Wildman–Crippen MR) is 146 cm³/mol. The number of allylic oxidation sites excluding steroid dienone is 2. The normalized spacial score (nSPS) is 16.3. The van der Waals surface area contributed by atoms with Gasteiger partial charge in [0.25, 0.3) is 8.32 Å². The molecule has 1 unspecified atom stereocenters. The van der Waals surface area contributed by atoms with Gasteiger partial charge in [-0.1, -0.05) is 87.5 Å². The third kappa shape index (κ3) is 5.50. The molecule has 1 aliphatic carbocycles. The van der Waals surface area contributed by atoms with Gasteiger partial charge < -0.3 is 9.16 Å². The fraction of sp³-hybridized carbons (Fsp3) is 0.367. The fourth-order valence-corrected chi connectivity index (χ4v) is 9.61. The molecule has 0 bridgehead atoms. The molecule has 5 nitrogen and oxygen atoms in total. The molecule has 3 aromatic rings. The molecular weight excluding hydrogens is 464 g/mol. The predicted octanol–water partition coefficient (Wildman–Crippen LogP) is 5.30. The molecule has 0 spiro atoms. The van der Waals surface area contributed by atoms with Crippen molar-refractivity contribution >= 4 is 30.2 Å². The molecule has 36 heavy (non-hydrogen) atoms. The van der Waals surface area contributed by atoms with E-state index < -0.39 is 8.32 Å². The molecule has 0 saturated carbocycles. The van der Waals surface area contributed by atoms with E-state index in [-0.39, 0.29) is 16.9 Å². The van der Waals surface area contributed by atoms with E-state index in [4.69, 9.17) is 14.1 Å². The van der Waals surface area contributed by atoms with Crippen molar-refractivity contribution < 1.29 is 14.0 Å². The molecule has 1 aromatic heterocycles. The smallest absolute Gasteiger partial charge is 0.309 e. The summed E-state index contributed by atoms with van der Waals surface area (Å²) in [5.41, 5.74) is 1.95. The van der Waals surface area contributed by atoms with Crippen molar-refractivity contribution in [3.8, 4) is 0 Å². The number of aromatic nitrogens is 2. The lowest BCUT2D eigenvalue weighted by Gasteiger charge is -2.43. The molecule has 4 rings (SSSR count). The van der Waals surface area contributed by atoms with E-state index in [0.717, 1.165) is 29.9 Å². The lowest BCUT2D eigenvalue weighted by molar-refractivity contribution is -0.148. The molecule has 1 aliphatic rings. The average Bonchev–Trinajstić information content (AvgIpc) is 2.90. The summed E-state index contributed by atoms with van der Waals surface area (Å²) < 4.78 is 12.2. The number of benzene rings is 2. The molecule has 0 aliphatic heterocycles. The largest absolute Gasteiger partial charge is 0.466 e. The van der Waals surface area contributed by atoms with Crippen LogP contribution in [0.5, 0.6) is 0 Å². The van der Waals surface area contributed by atoms with Crippen LogP contribution in [0.4, 0.5) is 0 Å². The first-order valence-corrected chi connectivity index (χ1v) is 14.7. The van der Waals surface area contributed by atoms with Gasteiger partial charge >= 0.3 is 5.97 Å². The number of carbonyl (C=O) groups is 1. The van der Waals surface area contributed by atoms with Crippen LogP contribution in [0.15, 0.2) is 79.0 Å². The highest BCUT2D eigenvalue weighted by Gasteiger charge is 2.50. The lowest BCUT2D eigenvalue weighted by Crippen LogP contribution is -2.66. The Bertz CT molecular complexity index is 1150. The van der Waals surface area contributed by atoms with Gasteiger partial charge in [-0.2, -0.15) is 0 Å². The standard InChI is InChI=1S/C30H36N2O3Si/c1-5-34-29(33)24-18-16-23(17-19-24)28-31-21-20-25(32-28)22-35-36(30(2,3)4,26-12-8-6-9-13-26)27-14-10-7-11-15-27/h6-16,20-21,24H,5,17-19,22H2,1-4H3. The Kier molecular flexibility index (Phi) is 8.16. The van der Waals surface area contributed by atoms with Crippen LogP contribution < -0.4 is 10.4 Å². The van der Waals surface area contributed by atoms with Crippen LogP contribution in [-0.2, 0) is 20.6 Å². The molecule has 0 N–H and O–H groups in total. The van der Waals surface area contributed by atoms with Gasteiger partial charge in [-0.05, 0) is 53.2 Å². The van der Waals surface area contributed by atoms with E-state index in [9.17, 15) is 4.79 Å². The number of hydrogen-bond acceptors (Lipinski definition) is 5. The first kappa shape index (κ1) is 26.0. The topological polar surface area (TPSA) is 61.3 Å². The van der Waals surface area contributed by atoms with Crippen molar-refractivity contribution in [2.75, 3.05) is 6.61 Å². The highest BCUT2D eigenvalue weighted by atomic mass is 28.4. The van der Waals surface area contributed by atoms with E-state index in [2.05, 4.69) is 92.5 Å². The summed E-state index contributed by atoms with van der Waals surface area (Å²) >= 11 is 0. The second-order valence-corrected chi connectivity index (χ2v) is 14.6. The summed E-state index contributed by atoms with van der Waals surface area (Å²) in [7, 11) is -2.65. The van der Waals surface area contributed by atoms with Crippen molar-refractivity contribution in [2.24, 2.45) is 5.92 Å². The van der Waals surface area contributed by atoms with Crippen molar-refractivity contribution in [1.82, 2.24) is 9.97 Å². The Balaban J connectivity index is 1.61. The quantitative estimate of drug-likeness (QED) is 0.310. The third-order valence-electron chi connectivity index (χ3n) is 6.88. The van der Waals surface area contributed by atoms with Crippen molar-refractivity contribution in [1.29, 1.82) is 0 Å². The van der Waals surface area contributed by atoms with Gasteiger partial charge in [0.2, 0.25) is 0 Å². The van der Waals surface area contributed by atoms with Gasteiger partial charge in [-0.15, -0.1) is 0 Å². The van der Waals surface area contributed by atoms with Crippen LogP contribution in [-0.4, -0.2) is 30.9 Å². The molecule has 0 fully saturated rings. The molecule has 1 atom stereocenters. The maximum atomic E-state index is 12.1. The van der Waals surface area contributed by atoms with Gasteiger partial charge in [-0.3, -0.25) is 4.79 Å². The Morgan fingerprint density at radius 3 is 2.17 bits per heavy atom. The number of hydrogen-bond donors (Lipinski definition) is 0. The van der Waals surface area contributed by atoms with E-state index in [1.54, 1.807) is 0 Å². The van der Waals surface area contributed by atoms with Crippen LogP contribution in [0.2, 0.25) is 5.04 Å². The number of esters is 1. The van der Waals surface area contributed by atoms with E-state index in [0.29, 0.717) is 19.6 Å². The molecular formula is C30H36N2O3Si. The second-order valence-electron chi connectivity index (χ2n) is 10.3.